The Bertz CT molecular complexity index is 733. The first-order chi connectivity index (χ1) is 9.52. The largest absolute Gasteiger partial charge is 0.494 e. The fraction of sp³-hybridized carbons (Fsp3) is 0.0909. The summed E-state index contributed by atoms with van der Waals surface area (Å²) in [4.78, 5) is 11.6. The van der Waals surface area contributed by atoms with Gasteiger partial charge in [-0.15, -0.1) is 0 Å². The highest BCUT2D eigenvalue weighted by molar-refractivity contribution is 9.11. The first-order valence-electron chi connectivity index (χ1n) is 5.27. The van der Waals surface area contributed by atoms with Crippen LogP contribution in [0.5, 0.6) is 5.75 Å². The lowest BCUT2D eigenvalue weighted by Gasteiger charge is -2.06. The molecule has 0 fully saturated rings. The van der Waals surface area contributed by atoms with Crippen LogP contribution in [0.15, 0.2) is 37.2 Å². The molecule has 0 atom stereocenters. The molecule has 1 N–H and O–H groups in total. The van der Waals surface area contributed by atoms with Crippen molar-refractivity contribution in [1.29, 1.82) is 0 Å². The number of hydrogen-bond acceptors (Lipinski definition) is 5. The number of benzene rings is 1. The molecule has 2 rings (SSSR count). The van der Waals surface area contributed by atoms with Gasteiger partial charge in [-0.2, -0.15) is 14.9 Å². The maximum atomic E-state index is 11.6. The topological polar surface area (TPSA) is 72.3 Å². The molecule has 0 spiro atoms. The molecule has 9 heteroatoms. The van der Waals surface area contributed by atoms with Crippen molar-refractivity contribution in [1.82, 2.24) is 14.9 Å². The number of halogens is 2. The lowest BCUT2D eigenvalue weighted by molar-refractivity contribution is 0.409. The quantitative estimate of drug-likeness (QED) is 0.613. The van der Waals surface area contributed by atoms with Crippen LogP contribution in [0, 0.1) is 4.77 Å². The average Bonchev–Trinajstić information content (AvgIpc) is 2.38. The zero-order valence-corrected chi connectivity index (χ0v) is 14.1. The minimum absolute atomic E-state index is 0.125. The van der Waals surface area contributed by atoms with Gasteiger partial charge in [0.25, 0.3) is 5.56 Å². The van der Waals surface area contributed by atoms with Crippen LogP contribution in [0.1, 0.15) is 5.56 Å². The van der Waals surface area contributed by atoms with Gasteiger partial charge in [0.2, 0.25) is 4.77 Å². The molecule has 0 unspecified atom stereocenters. The van der Waals surface area contributed by atoms with Gasteiger partial charge in [0.15, 0.2) is 0 Å². The molecule has 0 amide bonds. The summed E-state index contributed by atoms with van der Waals surface area (Å²) in [5.74, 6) is 0.681. The first-order valence-corrected chi connectivity index (χ1v) is 7.26. The standard InChI is InChI=1S/C11H8Br2N4O2S/c1-19-10-7(12)2-6(3-8(10)13)4-15-17-9(18)5-14-16-11(17)20/h2-5H,1H3,(H,16,20)/b15-4-. The van der Waals surface area contributed by atoms with Gasteiger partial charge in [-0.3, -0.25) is 9.89 Å². The van der Waals surface area contributed by atoms with E-state index < -0.39 is 5.56 Å². The van der Waals surface area contributed by atoms with Crippen molar-refractivity contribution >= 4 is 50.3 Å². The van der Waals surface area contributed by atoms with E-state index in [4.69, 9.17) is 17.0 Å². The average molecular weight is 420 g/mol. The molecule has 20 heavy (non-hydrogen) atoms. The SMILES string of the molecule is COc1c(Br)cc(/C=N\n2c(=O)cn[nH]c2=S)cc1Br. The minimum Gasteiger partial charge on any atom is -0.494 e. The summed E-state index contributed by atoms with van der Waals surface area (Å²) in [5, 5.41) is 10.1. The fourth-order valence-corrected chi connectivity index (χ4v) is 3.16. The second kappa shape index (κ2) is 6.42. The van der Waals surface area contributed by atoms with Crippen LogP contribution in [-0.2, 0) is 0 Å². The summed E-state index contributed by atoms with van der Waals surface area (Å²) in [7, 11) is 1.58. The smallest absolute Gasteiger partial charge is 0.293 e. The Morgan fingerprint density at radius 3 is 2.65 bits per heavy atom. The van der Waals surface area contributed by atoms with Gasteiger partial charge in [-0.1, -0.05) is 0 Å². The second-order valence-corrected chi connectivity index (χ2v) is 5.68. The van der Waals surface area contributed by atoms with Crippen LogP contribution in [0.25, 0.3) is 0 Å². The van der Waals surface area contributed by atoms with Gasteiger partial charge in [0.1, 0.15) is 11.9 Å². The highest BCUT2D eigenvalue weighted by atomic mass is 79.9. The third-order valence-corrected chi connectivity index (χ3v) is 3.73. The molecule has 1 aromatic heterocycles. The van der Waals surface area contributed by atoms with Crippen LogP contribution in [0.4, 0.5) is 0 Å². The molecule has 1 heterocycles. The second-order valence-electron chi connectivity index (χ2n) is 3.59. The van der Waals surface area contributed by atoms with Crippen LogP contribution in [-0.4, -0.2) is 28.2 Å². The zero-order chi connectivity index (χ0) is 14.7. The van der Waals surface area contributed by atoms with E-state index in [1.807, 2.05) is 12.1 Å². The van der Waals surface area contributed by atoms with E-state index >= 15 is 0 Å². The Morgan fingerprint density at radius 1 is 1.45 bits per heavy atom. The van der Waals surface area contributed by atoms with Crippen LogP contribution in [0.3, 0.4) is 0 Å². The molecule has 1 aromatic carbocycles. The third-order valence-electron chi connectivity index (χ3n) is 2.28. The first kappa shape index (κ1) is 15.1. The van der Waals surface area contributed by atoms with Crippen molar-refractivity contribution in [3.63, 3.8) is 0 Å². The summed E-state index contributed by atoms with van der Waals surface area (Å²) in [6, 6.07) is 3.62. The summed E-state index contributed by atoms with van der Waals surface area (Å²) in [5.41, 5.74) is 0.360. The fourth-order valence-electron chi connectivity index (χ4n) is 1.43. The summed E-state index contributed by atoms with van der Waals surface area (Å²) < 4.78 is 7.92. The van der Waals surface area contributed by atoms with Gasteiger partial charge in [-0.25, -0.2) is 0 Å². The predicted octanol–water partition coefficient (Wildman–Crippen LogP) is 2.72. The maximum Gasteiger partial charge on any atom is 0.293 e. The highest BCUT2D eigenvalue weighted by Crippen LogP contribution is 2.33. The van der Waals surface area contributed by atoms with Crippen LogP contribution >= 0.6 is 44.1 Å². The molecule has 0 bridgehead atoms. The van der Waals surface area contributed by atoms with Crippen molar-refractivity contribution in [2.45, 2.75) is 0 Å². The van der Waals surface area contributed by atoms with E-state index in [0.29, 0.717) is 5.75 Å². The Labute approximate surface area is 135 Å². The van der Waals surface area contributed by atoms with Gasteiger partial charge >= 0.3 is 0 Å². The summed E-state index contributed by atoms with van der Waals surface area (Å²) in [6.45, 7) is 0. The van der Waals surface area contributed by atoms with Crippen molar-refractivity contribution < 1.29 is 4.74 Å². The predicted molar refractivity (Wildman–Crippen MR) is 85.1 cm³/mol. The number of aromatic amines is 1. The van der Waals surface area contributed by atoms with Crippen molar-refractivity contribution in [2.24, 2.45) is 5.10 Å². The number of hydrogen-bond donors (Lipinski definition) is 1. The number of nitrogens with one attached hydrogen (secondary N) is 1. The molecule has 0 aliphatic carbocycles. The highest BCUT2D eigenvalue weighted by Gasteiger charge is 2.06. The summed E-state index contributed by atoms with van der Waals surface area (Å²) in [6.07, 6.45) is 2.62. The summed E-state index contributed by atoms with van der Waals surface area (Å²) >= 11 is 11.7. The van der Waals surface area contributed by atoms with Gasteiger partial charge in [-0.05, 0) is 61.8 Å². The molecular weight excluding hydrogens is 412 g/mol. The number of ether oxygens (including phenoxy) is 1. The molecule has 2 aromatic rings. The minimum atomic E-state index is -0.406. The number of aromatic nitrogens is 3. The number of nitrogens with zero attached hydrogens (tertiary/aromatic N) is 3. The Morgan fingerprint density at radius 2 is 2.10 bits per heavy atom. The van der Waals surface area contributed by atoms with E-state index in [-0.39, 0.29) is 4.77 Å². The Kier molecular flexibility index (Phi) is 4.84. The number of methoxy groups -OCH3 is 1. The van der Waals surface area contributed by atoms with E-state index in [0.717, 1.165) is 25.4 Å². The molecule has 0 aliphatic rings. The van der Waals surface area contributed by atoms with Gasteiger partial charge < -0.3 is 4.74 Å². The molecule has 0 aliphatic heterocycles. The molecule has 0 saturated carbocycles. The third kappa shape index (κ3) is 3.22. The van der Waals surface area contributed by atoms with Gasteiger partial charge in [0.05, 0.1) is 22.3 Å². The molecule has 0 radical (unpaired) electrons. The van der Waals surface area contributed by atoms with E-state index in [2.05, 4.69) is 47.2 Å². The van der Waals surface area contributed by atoms with Crippen molar-refractivity contribution in [3.05, 3.63) is 48.0 Å². The lowest BCUT2D eigenvalue weighted by Crippen LogP contribution is -2.18. The number of H-pyrrole nitrogens is 1. The molecule has 6 nitrogen and oxygen atoms in total. The molecule has 104 valence electrons. The monoisotopic (exact) mass is 418 g/mol. The Balaban J connectivity index is 2.43. The Hall–Kier alpha value is -1.32. The van der Waals surface area contributed by atoms with Gasteiger partial charge in [0, 0.05) is 0 Å². The normalized spacial score (nSPS) is 10.9. The van der Waals surface area contributed by atoms with E-state index in [9.17, 15) is 4.79 Å². The van der Waals surface area contributed by atoms with E-state index in [1.165, 1.54) is 6.21 Å². The lowest BCUT2D eigenvalue weighted by atomic mass is 10.2. The zero-order valence-electron chi connectivity index (χ0n) is 10.1. The van der Waals surface area contributed by atoms with Crippen LogP contribution < -0.4 is 10.3 Å². The number of rotatable bonds is 3. The molecule has 0 saturated heterocycles. The van der Waals surface area contributed by atoms with Crippen molar-refractivity contribution in [3.8, 4) is 5.75 Å². The maximum absolute atomic E-state index is 11.6. The van der Waals surface area contributed by atoms with E-state index in [1.54, 1.807) is 7.11 Å². The molecular formula is C11H8Br2N4O2S. The van der Waals surface area contributed by atoms with Crippen LogP contribution in [0.2, 0.25) is 0 Å². The van der Waals surface area contributed by atoms with Crippen molar-refractivity contribution in [2.75, 3.05) is 7.11 Å².